The molecule has 0 aromatic heterocycles. The van der Waals surface area contributed by atoms with E-state index in [0.717, 1.165) is 18.4 Å². The molecule has 0 aliphatic heterocycles. The number of nitrogens with zero attached hydrogens (tertiary/aromatic N) is 1. The molecule has 3 rings (SSSR count). The lowest BCUT2D eigenvalue weighted by atomic mass is 10.1. The van der Waals surface area contributed by atoms with E-state index < -0.39 is 0 Å². The highest BCUT2D eigenvalue weighted by Gasteiger charge is 2.29. The molecule has 120 valence electrons. The van der Waals surface area contributed by atoms with Crippen molar-refractivity contribution in [2.75, 3.05) is 5.32 Å². The number of rotatable bonds is 5. The van der Waals surface area contributed by atoms with Crippen molar-refractivity contribution in [2.45, 2.75) is 19.4 Å². The summed E-state index contributed by atoms with van der Waals surface area (Å²) in [5.74, 6) is -0.0874. The molecule has 2 aromatic carbocycles. The molecule has 0 unspecified atom stereocenters. The molecule has 1 fully saturated rings. The van der Waals surface area contributed by atoms with Crippen LogP contribution < -0.4 is 10.6 Å². The van der Waals surface area contributed by atoms with Crippen LogP contribution in [0.15, 0.2) is 48.5 Å². The third-order valence-corrected chi connectivity index (χ3v) is 3.85. The molecule has 1 aliphatic carbocycles. The van der Waals surface area contributed by atoms with E-state index in [9.17, 15) is 9.59 Å². The van der Waals surface area contributed by atoms with Crippen LogP contribution in [-0.4, -0.2) is 11.8 Å². The second-order valence-electron chi connectivity index (χ2n) is 5.84. The predicted octanol–water partition coefficient (Wildman–Crippen LogP) is 2.84. The first-order valence-electron chi connectivity index (χ1n) is 7.84. The minimum atomic E-state index is -0.222. The number of benzene rings is 2. The van der Waals surface area contributed by atoms with Crippen LogP contribution in [0.25, 0.3) is 0 Å². The van der Waals surface area contributed by atoms with Crippen molar-refractivity contribution in [3.63, 3.8) is 0 Å². The smallest absolute Gasteiger partial charge is 0.251 e. The molecule has 5 heteroatoms. The molecule has 0 heterocycles. The molecule has 2 amide bonds. The zero-order chi connectivity index (χ0) is 16.9. The molecule has 0 radical (unpaired) electrons. The minimum Gasteiger partial charge on any atom is -0.348 e. The van der Waals surface area contributed by atoms with Crippen molar-refractivity contribution in [3.05, 3.63) is 65.2 Å². The van der Waals surface area contributed by atoms with Crippen molar-refractivity contribution >= 4 is 17.5 Å². The van der Waals surface area contributed by atoms with E-state index in [4.69, 9.17) is 5.26 Å². The lowest BCUT2D eigenvalue weighted by Gasteiger charge is -2.08. The van der Waals surface area contributed by atoms with Crippen LogP contribution >= 0.6 is 0 Å². The van der Waals surface area contributed by atoms with Crippen LogP contribution in [0, 0.1) is 17.2 Å². The van der Waals surface area contributed by atoms with Gasteiger partial charge in [-0.15, -0.1) is 0 Å². The Kier molecular flexibility index (Phi) is 4.57. The number of amides is 2. The third-order valence-electron chi connectivity index (χ3n) is 3.85. The molecule has 0 saturated heterocycles. The second-order valence-corrected chi connectivity index (χ2v) is 5.84. The summed E-state index contributed by atoms with van der Waals surface area (Å²) in [5, 5.41) is 14.5. The topological polar surface area (TPSA) is 82.0 Å². The normalized spacial score (nSPS) is 13.0. The van der Waals surface area contributed by atoms with Crippen LogP contribution in [0.3, 0.4) is 0 Å². The van der Waals surface area contributed by atoms with Crippen molar-refractivity contribution < 1.29 is 9.59 Å². The average Bonchev–Trinajstić information content (AvgIpc) is 3.45. The Bertz CT molecular complexity index is 819. The monoisotopic (exact) mass is 319 g/mol. The van der Waals surface area contributed by atoms with Crippen molar-refractivity contribution in [3.8, 4) is 6.07 Å². The van der Waals surface area contributed by atoms with E-state index in [2.05, 4.69) is 16.7 Å². The van der Waals surface area contributed by atoms with Gasteiger partial charge in [0.05, 0.1) is 11.6 Å². The van der Waals surface area contributed by atoms with Gasteiger partial charge in [-0.25, -0.2) is 0 Å². The third kappa shape index (κ3) is 3.99. The number of hydrogen-bond acceptors (Lipinski definition) is 3. The lowest BCUT2D eigenvalue weighted by molar-refractivity contribution is -0.117. The summed E-state index contributed by atoms with van der Waals surface area (Å²) in [6.45, 7) is 0.340. The van der Waals surface area contributed by atoms with Gasteiger partial charge in [0.2, 0.25) is 5.91 Å². The Morgan fingerprint density at radius 2 is 1.92 bits per heavy atom. The summed E-state index contributed by atoms with van der Waals surface area (Å²) < 4.78 is 0. The van der Waals surface area contributed by atoms with Gasteiger partial charge in [0.1, 0.15) is 0 Å². The Hall–Kier alpha value is -3.13. The van der Waals surface area contributed by atoms with Crippen molar-refractivity contribution in [1.29, 1.82) is 5.26 Å². The van der Waals surface area contributed by atoms with E-state index >= 15 is 0 Å². The molecule has 0 bridgehead atoms. The SMILES string of the molecule is N#Cc1cccc(CNC(=O)c2cccc(NC(=O)C3CC3)c2)c1. The second kappa shape index (κ2) is 6.97. The highest BCUT2D eigenvalue weighted by molar-refractivity contribution is 5.98. The first kappa shape index (κ1) is 15.8. The Labute approximate surface area is 140 Å². The molecule has 24 heavy (non-hydrogen) atoms. The maximum atomic E-state index is 12.3. The highest BCUT2D eigenvalue weighted by Crippen LogP contribution is 2.30. The molecular weight excluding hydrogens is 302 g/mol. The fraction of sp³-hybridized carbons (Fsp3) is 0.211. The standard InChI is InChI=1S/C19H17N3O2/c20-11-13-3-1-4-14(9-13)12-21-18(23)16-5-2-6-17(10-16)22-19(24)15-7-8-15/h1-6,9-10,15H,7-8,12H2,(H,21,23)(H,22,24). The molecule has 1 saturated carbocycles. The molecule has 0 spiro atoms. The van der Waals surface area contributed by atoms with Crippen LogP contribution in [0.1, 0.15) is 34.3 Å². The summed E-state index contributed by atoms with van der Waals surface area (Å²) in [4.78, 5) is 24.1. The number of anilines is 1. The molecule has 0 atom stereocenters. The number of carbonyl (C=O) groups is 2. The molecule has 2 aromatic rings. The van der Waals surface area contributed by atoms with E-state index in [1.165, 1.54) is 0 Å². The van der Waals surface area contributed by atoms with E-state index in [1.807, 2.05) is 6.07 Å². The average molecular weight is 319 g/mol. The van der Waals surface area contributed by atoms with Gasteiger partial charge in [-0.05, 0) is 48.7 Å². The van der Waals surface area contributed by atoms with Gasteiger partial charge in [0, 0.05) is 23.7 Å². The zero-order valence-electron chi connectivity index (χ0n) is 13.1. The molecular formula is C19H17N3O2. The van der Waals surface area contributed by atoms with Gasteiger partial charge in [-0.3, -0.25) is 9.59 Å². The van der Waals surface area contributed by atoms with Gasteiger partial charge in [0.15, 0.2) is 0 Å². The fourth-order valence-electron chi connectivity index (χ4n) is 2.36. The van der Waals surface area contributed by atoms with Gasteiger partial charge >= 0.3 is 0 Å². The molecule has 2 N–H and O–H groups in total. The largest absolute Gasteiger partial charge is 0.348 e. The Morgan fingerprint density at radius 3 is 2.67 bits per heavy atom. The van der Waals surface area contributed by atoms with Gasteiger partial charge in [-0.1, -0.05) is 18.2 Å². The van der Waals surface area contributed by atoms with E-state index in [1.54, 1.807) is 42.5 Å². The van der Waals surface area contributed by atoms with Crippen LogP contribution in [0.5, 0.6) is 0 Å². The summed E-state index contributed by atoms with van der Waals surface area (Å²) >= 11 is 0. The summed E-state index contributed by atoms with van der Waals surface area (Å²) in [6, 6.07) is 16.1. The Balaban J connectivity index is 1.62. The number of carbonyl (C=O) groups excluding carboxylic acids is 2. The van der Waals surface area contributed by atoms with Crippen LogP contribution in [-0.2, 0) is 11.3 Å². The lowest BCUT2D eigenvalue weighted by Crippen LogP contribution is -2.23. The van der Waals surface area contributed by atoms with Gasteiger partial charge < -0.3 is 10.6 Å². The highest BCUT2D eigenvalue weighted by atomic mass is 16.2. The summed E-state index contributed by atoms with van der Waals surface area (Å²) in [6.07, 6.45) is 1.88. The minimum absolute atomic E-state index is 0.0147. The Morgan fingerprint density at radius 1 is 1.12 bits per heavy atom. The zero-order valence-corrected chi connectivity index (χ0v) is 13.1. The van der Waals surface area contributed by atoms with Gasteiger partial charge in [-0.2, -0.15) is 5.26 Å². The van der Waals surface area contributed by atoms with Crippen LogP contribution in [0.2, 0.25) is 0 Å². The molecule has 5 nitrogen and oxygen atoms in total. The quantitative estimate of drug-likeness (QED) is 0.889. The van der Waals surface area contributed by atoms with E-state index in [-0.39, 0.29) is 17.7 Å². The summed E-state index contributed by atoms with van der Waals surface area (Å²) in [7, 11) is 0. The number of nitrogens with one attached hydrogen (secondary N) is 2. The van der Waals surface area contributed by atoms with E-state index in [0.29, 0.717) is 23.4 Å². The van der Waals surface area contributed by atoms with Gasteiger partial charge in [0.25, 0.3) is 5.91 Å². The van der Waals surface area contributed by atoms with Crippen molar-refractivity contribution in [2.24, 2.45) is 5.92 Å². The maximum absolute atomic E-state index is 12.3. The fourth-order valence-corrected chi connectivity index (χ4v) is 2.36. The predicted molar refractivity (Wildman–Crippen MR) is 90.1 cm³/mol. The number of hydrogen-bond donors (Lipinski definition) is 2. The maximum Gasteiger partial charge on any atom is 0.251 e. The van der Waals surface area contributed by atoms with Crippen LogP contribution in [0.4, 0.5) is 5.69 Å². The first-order chi connectivity index (χ1) is 11.7. The first-order valence-corrected chi connectivity index (χ1v) is 7.84. The molecule has 1 aliphatic rings. The summed E-state index contributed by atoms with van der Waals surface area (Å²) in [5.41, 5.74) is 2.54. The number of nitriles is 1. The van der Waals surface area contributed by atoms with Crippen molar-refractivity contribution in [1.82, 2.24) is 5.32 Å².